The minimum absolute atomic E-state index is 0.0610. The summed E-state index contributed by atoms with van der Waals surface area (Å²) in [7, 11) is 0. The number of fused-ring (bicyclic) bond motifs is 1. The molecule has 1 aromatic carbocycles. The van der Waals surface area contributed by atoms with E-state index in [1.807, 2.05) is 18.2 Å². The Bertz CT molecular complexity index is 965. The highest BCUT2D eigenvalue weighted by atomic mass is 32.1. The lowest BCUT2D eigenvalue weighted by Crippen LogP contribution is -2.40. The second-order valence-corrected chi connectivity index (χ2v) is 8.33. The maximum Gasteiger partial charge on any atom is 0.251 e. The van der Waals surface area contributed by atoms with Gasteiger partial charge in [-0.15, -0.1) is 22.7 Å². The zero-order chi connectivity index (χ0) is 18.8. The summed E-state index contributed by atoms with van der Waals surface area (Å²) in [6.45, 7) is 1.07. The molecular weight excluding hydrogens is 378 g/mol. The zero-order valence-electron chi connectivity index (χ0n) is 14.6. The molecule has 1 aliphatic heterocycles. The predicted octanol–water partition coefficient (Wildman–Crippen LogP) is 3.49. The maximum absolute atomic E-state index is 12.7. The second kappa shape index (κ2) is 7.64. The molecule has 0 saturated carbocycles. The Morgan fingerprint density at radius 1 is 1.11 bits per heavy atom. The SMILES string of the molecule is NC(=O)c1ccsc1NC(=O)CN1CCc2sccc2C1c1ccccc1. The van der Waals surface area contributed by atoms with Crippen LogP contribution in [0.25, 0.3) is 0 Å². The quantitative estimate of drug-likeness (QED) is 0.692. The predicted molar refractivity (Wildman–Crippen MR) is 109 cm³/mol. The molecule has 7 heteroatoms. The Morgan fingerprint density at radius 3 is 2.67 bits per heavy atom. The average Bonchev–Trinajstić information content (AvgIpc) is 3.31. The van der Waals surface area contributed by atoms with Gasteiger partial charge in [0, 0.05) is 11.4 Å². The number of hydrogen-bond acceptors (Lipinski definition) is 5. The lowest BCUT2D eigenvalue weighted by Gasteiger charge is -2.35. The largest absolute Gasteiger partial charge is 0.366 e. The molecule has 0 bridgehead atoms. The third-order valence-electron chi connectivity index (χ3n) is 4.71. The summed E-state index contributed by atoms with van der Waals surface area (Å²) >= 11 is 3.08. The zero-order valence-corrected chi connectivity index (χ0v) is 16.2. The van der Waals surface area contributed by atoms with Crippen LogP contribution in [0.5, 0.6) is 0 Å². The number of nitrogens with two attached hydrogens (primary N) is 1. The van der Waals surface area contributed by atoms with E-state index < -0.39 is 5.91 Å². The third kappa shape index (κ3) is 3.66. The van der Waals surface area contributed by atoms with Gasteiger partial charge in [0.1, 0.15) is 5.00 Å². The van der Waals surface area contributed by atoms with Crippen LogP contribution >= 0.6 is 22.7 Å². The molecular formula is C20H19N3O2S2. The second-order valence-electron chi connectivity index (χ2n) is 6.41. The summed E-state index contributed by atoms with van der Waals surface area (Å²) in [5.41, 5.74) is 8.18. The van der Waals surface area contributed by atoms with Crippen molar-refractivity contribution >= 4 is 39.5 Å². The molecule has 0 saturated heterocycles. The molecule has 5 nitrogen and oxygen atoms in total. The van der Waals surface area contributed by atoms with E-state index in [2.05, 4.69) is 33.8 Å². The Labute approximate surface area is 165 Å². The van der Waals surface area contributed by atoms with Crippen molar-refractivity contribution in [3.05, 3.63) is 74.8 Å². The molecule has 0 spiro atoms. The monoisotopic (exact) mass is 397 g/mol. The summed E-state index contributed by atoms with van der Waals surface area (Å²) in [5.74, 6) is -0.672. The van der Waals surface area contributed by atoms with Gasteiger partial charge in [-0.2, -0.15) is 0 Å². The van der Waals surface area contributed by atoms with Gasteiger partial charge in [0.05, 0.1) is 18.2 Å². The van der Waals surface area contributed by atoms with E-state index in [0.29, 0.717) is 10.6 Å². The molecule has 3 aromatic rings. The van der Waals surface area contributed by atoms with Crippen molar-refractivity contribution in [1.82, 2.24) is 4.90 Å². The molecule has 0 fully saturated rings. The normalized spacial score (nSPS) is 16.7. The lowest BCUT2D eigenvalue weighted by molar-refractivity contribution is -0.117. The number of hydrogen-bond donors (Lipinski definition) is 2. The number of anilines is 1. The Morgan fingerprint density at radius 2 is 1.89 bits per heavy atom. The van der Waals surface area contributed by atoms with Gasteiger partial charge < -0.3 is 11.1 Å². The minimum atomic E-state index is -0.533. The van der Waals surface area contributed by atoms with Crippen LogP contribution in [0, 0.1) is 0 Å². The summed E-state index contributed by atoms with van der Waals surface area (Å²) in [6.07, 6.45) is 0.940. The first kappa shape index (κ1) is 17.9. The van der Waals surface area contributed by atoms with Crippen LogP contribution in [-0.4, -0.2) is 29.8 Å². The van der Waals surface area contributed by atoms with Crippen LogP contribution in [0.15, 0.2) is 53.2 Å². The van der Waals surface area contributed by atoms with E-state index in [4.69, 9.17) is 5.73 Å². The van der Waals surface area contributed by atoms with E-state index in [1.165, 1.54) is 27.3 Å². The molecule has 0 radical (unpaired) electrons. The van der Waals surface area contributed by atoms with Gasteiger partial charge in [-0.25, -0.2) is 0 Å². The molecule has 4 rings (SSSR count). The Kier molecular flexibility index (Phi) is 5.07. The number of primary amides is 1. The first-order valence-electron chi connectivity index (χ1n) is 8.66. The van der Waals surface area contributed by atoms with Crippen molar-refractivity contribution in [3.63, 3.8) is 0 Å². The number of nitrogens with zero attached hydrogens (tertiary/aromatic N) is 1. The fourth-order valence-corrected chi connectivity index (χ4v) is 5.23. The number of thiophene rings is 2. The van der Waals surface area contributed by atoms with Gasteiger partial charge in [0.25, 0.3) is 5.91 Å². The summed E-state index contributed by atoms with van der Waals surface area (Å²) < 4.78 is 0. The third-order valence-corrected chi connectivity index (χ3v) is 6.54. The molecule has 138 valence electrons. The lowest BCUT2D eigenvalue weighted by atomic mass is 9.93. The van der Waals surface area contributed by atoms with Gasteiger partial charge in [0.15, 0.2) is 0 Å². The van der Waals surface area contributed by atoms with E-state index in [1.54, 1.807) is 22.8 Å². The fourth-order valence-electron chi connectivity index (χ4n) is 3.52. The maximum atomic E-state index is 12.7. The number of rotatable bonds is 5. The van der Waals surface area contributed by atoms with Crippen molar-refractivity contribution < 1.29 is 9.59 Å². The van der Waals surface area contributed by atoms with Gasteiger partial charge in [-0.1, -0.05) is 30.3 Å². The summed E-state index contributed by atoms with van der Waals surface area (Å²) in [6, 6.07) is 14.1. The van der Waals surface area contributed by atoms with Gasteiger partial charge >= 0.3 is 0 Å². The van der Waals surface area contributed by atoms with Crippen molar-refractivity contribution in [2.24, 2.45) is 5.73 Å². The van der Waals surface area contributed by atoms with Crippen molar-refractivity contribution in [2.75, 3.05) is 18.4 Å². The molecule has 1 atom stereocenters. The molecule has 0 aliphatic carbocycles. The van der Waals surface area contributed by atoms with Crippen molar-refractivity contribution in [3.8, 4) is 0 Å². The number of carbonyl (C=O) groups is 2. The highest BCUT2D eigenvalue weighted by Gasteiger charge is 2.30. The summed E-state index contributed by atoms with van der Waals surface area (Å²) in [4.78, 5) is 27.7. The number of amides is 2. The molecule has 1 unspecified atom stereocenters. The first-order chi connectivity index (χ1) is 13.1. The van der Waals surface area contributed by atoms with Crippen molar-refractivity contribution in [1.29, 1.82) is 0 Å². The average molecular weight is 398 g/mol. The standard InChI is InChI=1S/C20H19N3O2S2/c21-19(25)15-8-11-27-20(15)22-17(24)12-23-9-6-16-14(7-10-26-16)18(23)13-4-2-1-3-5-13/h1-5,7-8,10-11,18H,6,9,12H2,(H2,21,25)(H,22,24). The molecule has 27 heavy (non-hydrogen) atoms. The Balaban J connectivity index is 1.56. The van der Waals surface area contributed by atoms with Crippen LogP contribution in [0.2, 0.25) is 0 Å². The molecule has 3 N–H and O–H groups in total. The highest BCUT2D eigenvalue weighted by molar-refractivity contribution is 7.14. The van der Waals surface area contributed by atoms with E-state index in [0.717, 1.165) is 13.0 Å². The van der Waals surface area contributed by atoms with E-state index >= 15 is 0 Å². The van der Waals surface area contributed by atoms with E-state index in [-0.39, 0.29) is 18.5 Å². The smallest absolute Gasteiger partial charge is 0.251 e. The number of benzene rings is 1. The molecule has 3 heterocycles. The molecule has 2 amide bonds. The Hall–Kier alpha value is -2.48. The van der Waals surface area contributed by atoms with Gasteiger partial charge in [-0.3, -0.25) is 14.5 Å². The molecule has 1 aliphatic rings. The molecule has 2 aromatic heterocycles. The van der Waals surface area contributed by atoms with Crippen LogP contribution in [-0.2, 0) is 11.2 Å². The fraction of sp³-hybridized carbons (Fsp3) is 0.200. The van der Waals surface area contributed by atoms with Gasteiger partial charge in [-0.05, 0) is 40.4 Å². The number of nitrogens with one attached hydrogen (secondary N) is 1. The first-order valence-corrected chi connectivity index (χ1v) is 10.4. The summed E-state index contributed by atoms with van der Waals surface area (Å²) in [5, 5.41) is 7.23. The van der Waals surface area contributed by atoms with E-state index in [9.17, 15) is 9.59 Å². The van der Waals surface area contributed by atoms with Crippen molar-refractivity contribution in [2.45, 2.75) is 12.5 Å². The topological polar surface area (TPSA) is 75.4 Å². The van der Waals surface area contributed by atoms with Crippen LogP contribution in [0.3, 0.4) is 0 Å². The van der Waals surface area contributed by atoms with Crippen LogP contribution in [0.4, 0.5) is 5.00 Å². The van der Waals surface area contributed by atoms with Crippen LogP contribution < -0.4 is 11.1 Å². The highest BCUT2D eigenvalue weighted by Crippen LogP contribution is 2.37. The van der Waals surface area contributed by atoms with Gasteiger partial charge in [0.2, 0.25) is 5.91 Å². The minimum Gasteiger partial charge on any atom is -0.366 e. The number of carbonyl (C=O) groups excluding carboxylic acids is 2. The van der Waals surface area contributed by atoms with Crippen LogP contribution in [0.1, 0.15) is 32.4 Å².